The number of nitrogens with one attached hydrogen (secondary N) is 1. The Morgan fingerprint density at radius 3 is 2.22 bits per heavy atom. The second kappa shape index (κ2) is 7.08. The quantitative estimate of drug-likeness (QED) is 0.657. The first kappa shape index (κ1) is 19.1. The average molecular weight is 343 g/mol. The van der Waals surface area contributed by atoms with E-state index in [2.05, 4.69) is 10.5 Å². The molecule has 0 unspecified atom stereocenters. The van der Waals surface area contributed by atoms with Crippen LogP contribution in [0.2, 0.25) is 0 Å². The van der Waals surface area contributed by atoms with Gasteiger partial charge < -0.3 is 0 Å². The highest BCUT2D eigenvalue weighted by Crippen LogP contribution is 2.18. The molecule has 1 amide bonds. The Bertz CT molecular complexity index is 692. The van der Waals surface area contributed by atoms with Crippen LogP contribution in [0.25, 0.3) is 0 Å². The fourth-order valence-corrected chi connectivity index (χ4v) is 2.34. The van der Waals surface area contributed by atoms with Crippen LogP contribution in [0.4, 0.5) is 10.1 Å². The molecule has 0 saturated heterocycles. The lowest BCUT2D eigenvalue weighted by Crippen LogP contribution is -2.39. The second-order valence-electron chi connectivity index (χ2n) is 6.23. The lowest BCUT2D eigenvalue weighted by atomic mass is 9.91. The van der Waals surface area contributed by atoms with Gasteiger partial charge in [0.15, 0.2) is 0 Å². The number of hydrogen-bond donors (Lipinski definition) is 1. The molecule has 0 aliphatic carbocycles. The Kier molecular flexibility index (Phi) is 5.87. The lowest BCUT2D eigenvalue weighted by molar-refractivity contribution is -0.119. The summed E-state index contributed by atoms with van der Waals surface area (Å²) in [7, 11) is -3.69. The number of halogens is 1. The summed E-state index contributed by atoms with van der Waals surface area (Å²) in [5.41, 5.74) is 3.05. The Hall–Kier alpha value is -1.96. The summed E-state index contributed by atoms with van der Waals surface area (Å²) in [5, 5.41) is 3.97. The zero-order chi connectivity index (χ0) is 17.8. The summed E-state index contributed by atoms with van der Waals surface area (Å²) < 4.78 is 37.6. The summed E-state index contributed by atoms with van der Waals surface area (Å²) in [6.07, 6.45) is 0.979. The van der Waals surface area contributed by atoms with Crippen molar-refractivity contribution in [3.8, 4) is 0 Å². The number of carbonyl (C=O) groups excluding carboxylic acids is 1. The number of hydrogen-bond acceptors (Lipinski definition) is 4. The number of benzene rings is 1. The molecule has 6 nitrogen and oxygen atoms in total. The summed E-state index contributed by atoms with van der Waals surface area (Å²) in [6.45, 7) is 7.16. The summed E-state index contributed by atoms with van der Waals surface area (Å²) in [4.78, 5) is 12.0. The number of sulfonamides is 1. The summed E-state index contributed by atoms with van der Waals surface area (Å²) >= 11 is 0. The first-order valence-electron chi connectivity index (χ1n) is 6.98. The van der Waals surface area contributed by atoms with Crippen molar-refractivity contribution in [3.63, 3.8) is 0 Å². The van der Waals surface area contributed by atoms with E-state index in [1.165, 1.54) is 12.1 Å². The minimum Gasteiger partial charge on any atom is -0.271 e. The van der Waals surface area contributed by atoms with Gasteiger partial charge in [-0.2, -0.15) is 5.10 Å². The van der Waals surface area contributed by atoms with Crippen LogP contribution in [0.5, 0.6) is 0 Å². The maximum absolute atomic E-state index is 13.0. The van der Waals surface area contributed by atoms with Crippen molar-refractivity contribution in [1.82, 2.24) is 5.43 Å². The third-order valence-electron chi connectivity index (χ3n) is 3.24. The highest BCUT2D eigenvalue weighted by molar-refractivity contribution is 7.92. The van der Waals surface area contributed by atoms with Crippen molar-refractivity contribution in [2.24, 2.45) is 10.5 Å². The topological polar surface area (TPSA) is 78.8 Å². The van der Waals surface area contributed by atoms with Crippen LogP contribution in [-0.2, 0) is 14.8 Å². The van der Waals surface area contributed by atoms with Crippen molar-refractivity contribution in [2.75, 3.05) is 17.1 Å². The first-order chi connectivity index (χ1) is 10.4. The normalized spacial score (nSPS) is 12.9. The van der Waals surface area contributed by atoms with E-state index in [4.69, 9.17) is 0 Å². The van der Waals surface area contributed by atoms with Crippen LogP contribution < -0.4 is 9.73 Å². The molecular formula is C15H22FN3O3S. The maximum atomic E-state index is 13.0. The molecule has 0 bridgehead atoms. The molecule has 23 heavy (non-hydrogen) atoms. The Morgan fingerprint density at radius 2 is 1.78 bits per heavy atom. The monoisotopic (exact) mass is 343 g/mol. The first-order valence-corrected chi connectivity index (χ1v) is 8.83. The third kappa shape index (κ3) is 5.97. The molecule has 0 aromatic heterocycles. The van der Waals surface area contributed by atoms with Gasteiger partial charge in [-0.1, -0.05) is 20.8 Å². The number of amides is 1. The van der Waals surface area contributed by atoms with Gasteiger partial charge in [-0.15, -0.1) is 0 Å². The van der Waals surface area contributed by atoms with E-state index in [0.29, 0.717) is 5.71 Å². The maximum Gasteiger partial charge on any atom is 0.260 e. The largest absolute Gasteiger partial charge is 0.271 e. The number of carbonyl (C=O) groups is 1. The molecule has 1 rings (SSSR count). The predicted octanol–water partition coefficient (Wildman–Crippen LogP) is 2.13. The van der Waals surface area contributed by atoms with Gasteiger partial charge in [-0.25, -0.2) is 18.2 Å². The smallest absolute Gasteiger partial charge is 0.260 e. The van der Waals surface area contributed by atoms with E-state index < -0.39 is 28.3 Å². The molecule has 0 aliphatic heterocycles. The summed E-state index contributed by atoms with van der Waals surface area (Å²) in [6, 6.07) is 4.86. The Labute approximate surface area is 136 Å². The minimum absolute atomic E-state index is 0.208. The SMILES string of the molecule is C/C(=N/NC(=O)CN(c1ccc(F)cc1)S(C)(=O)=O)C(C)(C)C. The zero-order valence-electron chi connectivity index (χ0n) is 13.9. The molecule has 0 radical (unpaired) electrons. The van der Waals surface area contributed by atoms with Gasteiger partial charge in [-0.05, 0) is 31.2 Å². The van der Waals surface area contributed by atoms with Crippen molar-refractivity contribution < 1.29 is 17.6 Å². The molecule has 0 heterocycles. The zero-order valence-corrected chi connectivity index (χ0v) is 14.7. The number of nitrogens with zero attached hydrogens (tertiary/aromatic N) is 2. The van der Waals surface area contributed by atoms with Gasteiger partial charge in [0.05, 0.1) is 11.9 Å². The molecule has 1 aromatic rings. The Morgan fingerprint density at radius 1 is 1.26 bits per heavy atom. The van der Waals surface area contributed by atoms with Crippen molar-refractivity contribution >= 4 is 27.3 Å². The van der Waals surface area contributed by atoms with Crippen LogP contribution in [0, 0.1) is 11.2 Å². The van der Waals surface area contributed by atoms with Crippen LogP contribution >= 0.6 is 0 Å². The van der Waals surface area contributed by atoms with Gasteiger partial charge in [-0.3, -0.25) is 9.10 Å². The van der Waals surface area contributed by atoms with Gasteiger partial charge in [0.2, 0.25) is 10.0 Å². The van der Waals surface area contributed by atoms with Crippen LogP contribution in [-0.4, -0.2) is 32.8 Å². The number of anilines is 1. The van der Waals surface area contributed by atoms with Gasteiger partial charge in [0, 0.05) is 11.1 Å². The van der Waals surface area contributed by atoms with Crippen LogP contribution in [0.1, 0.15) is 27.7 Å². The van der Waals surface area contributed by atoms with Crippen LogP contribution in [0.15, 0.2) is 29.4 Å². The van der Waals surface area contributed by atoms with E-state index in [1.807, 2.05) is 20.8 Å². The summed E-state index contributed by atoms with van der Waals surface area (Å²) in [5.74, 6) is -1.07. The molecule has 128 valence electrons. The van der Waals surface area contributed by atoms with E-state index in [9.17, 15) is 17.6 Å². The Balaban J connectivity index is 2.92. The molecule has 0 fully saturated rings. The van der Waals surface area contributed by atoms with E-state index in [-0.39, 0.29) is 11.1 Å². The highest BCUT2D eigenvalue weighted by Gasteiger charge is 2.21. The third-order valence-corrected chi connectivity index (χ3v) is 4.38. The van der Waals surface area contributed by atoms with Gasteiger partial charge in [0.25, 0.3) is 5.91 Å². The number of hydrazone groups is 1. The molecular weight excluding hydrogens is 321 g/mol. The minimum atomic E-state index is -3.69. The van der Waals surface area contributed by atoms with E-state index in [0.717, 1.165) is 22.7 Å². The van der Waals surface area contributed by atoms with Crippen molar-refractivity contribution in [1.29, 1.82) is 0 Å². The molecule has 0 atom stereocenters. The molecule has 1 aromatic carbocycles. The molecule has 1 N–H and O–H groups in total. The van der Waals surface area contributed by atoms with E-state index in [1.54, 1.807) is 6.92 Å². The highest BCUT2D eigenvalue weighted by atomic mass is 32.2. The number of rotatable bonds is 5. The molecule has 0 aliphatic rings. The second-order valence-corrected chi connectivity index (χ2v) is 8.14. The lowest BCUT2D eigenvalue weighted by Gasteiger charge is -2.22. The fraction of sp³-hybridized carbons (Fsp3) is 0.467. The van der Waals surface area contributed by atoms with Gasteiger partial charge in [0.1, 0.15) is 12.4 Å². The fourth-order valence-electron chi connectivity index (χ4n) is 1.49. The predicted molar refractivity (Wildman–Crippen MR) is 89.3 cm³/mol. The molecule has 0 spiro atoms. The molecule has 0 saturated carbocycles. The van der Waals surface area contributed by atoms with E-state index >= 15 is 0 Å². The van der Waals surface area contributed by atoms with Crippen molar-refractivity contribution in [2.45, 2.75) is 27.7 Å². The molecule has 8 heteroatoms. The van der Waals surface area contributed by atoms with Gasteiger partial charge >= 0.3 is 0 Å². The van der Waals surface area contributed by atoms with Crippen LogP contribution in [0.3, 0.4) is 0 Å². The standard InChI is InChI=1S/C15H22FN3O3S/c1-11(15(2,3)4)17-18-14(20)10-19(23(5,21)22)13-8-6-12(16)7-9-13/h6-9H,10H2,1-5H3,(H,18,20)/b17-11-. The average Bonchev–Trinajstić information content (AvgIpc) is 2.41. The van der Waals surface area contributed by atoms with Crippen molar-refractivity contribution in [3.05, 3.63) is 30.1 Å².